The molecule has 132 valence electrons. The number of benzene rings is 1. The van der Waals surface area contributed by atoms with Crippen LogP contribution in [-0.2, 0) is 4.79 Å². The van der Waals surface area contributed by atoms with Crippen LogP contribution in [0, 0.1) is 22.1 Å². The first-order valence-corrected chi connectivity index (χ1v) is 7.59. The summed E-state index contributed by atoms with van der Waals surface area (Å²) < 4.78 is 4.98. The predicted octanol–water partition coefficient (Wildman–Crippen LogP) is 2.25. The molecule has 2 aromatic rings. The Bertz CT molecular complexity index is 935. The molecule has 0 fully saturated rings. The van der Waals surface area contributed by atoms with Gasteiger partial charge in [-0.2, -0.15) is 5.26 Å². The molecule has 0 saturated heterocycles. The molecule has 0 saturated carbocycles. The van der Waals surface area contributed by atoms with Gasteiger partial charge in [0.15, 0.2) is 0 Å². The van der Waals surface area contributed by atoms with Crippen LogP contribution < -0.4 is 16.4 Å². The van der Waals surface area contributed by atoms with E-state index in [2.05, 4.69) is 10.6 Å². The number of nitrogens with one attached hydrogen (secondary N) is 4. The SMILES string of the molecule is CN/C(C)=C(\C(=N)C#N)C(=O)Nc1ccc(N)c(C(=N)c2ccoc2)c1. The minimum Gasteiger partial charge on any atom is -0.472 e. The van der Waals surface area contributed by atoms with Gasteiger partial charge in [-0.25, -0.2) is 0 Å². The molecule has 1 amide bonds. The number of furan rings is 1. The van der Waals surface area contributed by atoms with Crippen molar-refractivity contribution in [3.05, 3.63) is 59.2 Å². The lowest BCUT2D eigenvalue weighted by molar-refractivity contribution is -0.112. The molecule has 0 radical (unpaired) electrons. The number of nitrogens with two attached hydrogens (primary N) is 1. The van der Waals surface area contributed by atoms with E-state index in [4.69, 9.17) is 26.2 Å². The molecule has 8 heteroatoms. The predicted molar refractivity (Wildman–Crippen MR) is 99.2 cm³/mol. The molecule has 1 aromatic heterocycles. The molecule has 0 aliphatic heterocycles. The zero-order valence-corrected chi connectivity index (χ0v) is 14.3. The number of carbonyl (C=O) groups is 1. The highest BCUT2D eigenvalue weighted by molar-refractivity contribution is 6.29. The average Bonchev–Trinajstić information content (AvgIpc) is 3.17. The fourth-order valence-electron chi connectivity index (χ4n) is 2.26. The molecule has 8 nitrogen and oxygen atoms in total. The van der Waals surface area contributed by atoms with Crippen molar-refractivity contribution in [1.29, 1.82) is 16.1 Å². The van der Waals surface area contributed by atoms with E-state index < -0.39 is 11.6 Å². The van der Waals surface area contributed by atoms with Crippen LogP contribution in [0.4, 0.5) is 11.4 Å². The van der Waals surface area contributed by atoms with Gasteiger partial charge in [0.1, 0.15) is 11.8 Å². The summed E-state index contributed by atoms with van der Waals surface area (Å²) >= 11 is 0. The van der Waals surface area contributed by atoms with Gasteiger partial charge in [0.25, 0.3) is 5.91 Å². The number of rotatable bonds is 6. The fourth-order valence-corrected chi connectivity index (χ4v) is 2.26. The van der Waals surface area contributed by atoms with Gasteiger partial charge >= 0.3 is 0 Å². The second kappa shape index (κ2) is 7.81. The summed E-state index contributed by atoms with van der Waals surface area (Å²) in [5.74, 6) is -0.603. The molecule has 6 N–H and O–H groups in total. The summed E-state index contributed by atoms with van der Waals surface area (Å²) in [7, 11) is 1.60. The third kappa shape index (κ3) is 3.79. The monoisotopic (exact) mass is 350 g/mol. The Balaban J connectivity index is 2.34. The quantitative estimate of drug-likeness (QED) is 0.307. The Labute approximate surface area is 150 Å². The first-order chi connectivity index (χ1) is 12.4. The Hall–Kier alpha value is -3.86. The lowest BCUT2D eigenvalue weighted by Gasteiger charge is -2.13. The van der Waals surface area contributed by atoms with Gasteiger partial charge in [-0.1, -0.05) is 0 Å². The Morgan fingerprint density at radius 3 is 2.62 bits per heavy atom. The normalized spacial score (nSPS) is 11.1. The van der Waals surface area contributed by atoms with Gasteiger partial charge in [0.05, 0.1) is 23.8 Å². The molecule has 0 bridgehead atoms. The van der Waals surface area contributed by atoms with Crippen molar-refractivity contribution in [2.24, 2.45) is 0 Å². The van der Waals surface area contributed by atoms with Gasteiger partial charge < -0.3 is 20.8 Å². The maximum Gasteiger partial charge on any atom is 0.260 e. The van der Waals surface area contributed by atoms with Gasteiger partial charge in [-0.3, -0.25) is 15.6 Å². The van der Waals surface area contributed by atoms with Crippen LogP contribution in [-0.4, -0.2) is 24.4 Å². The molecule has 0 aliphatic carbocycles. The first-order valence-electron chi connectivity index (χ1n) is 7.59. The van der Waals surface area contributed by atoms with Crippen LogP contribution in [0.25, 0.3) is 0 Å². The van der Waals surface area contributed by atoms with Crippen molar-refractivity contribution in [2.45, 2.75) is 6.92 Å². The highest BCUT2D eigenvalue weighted by Gasteiger charge is 2.19. The molecular formula is C18H18N6O2. The summed E-state index contributed by atoms with van der Waals surface area (Å²) in [5.41, 5.74) is 7.74. The summed E-state index contributed by atoms with van der Waals surface area (Å²) in [4.78, 5) is 12.5. The molecule has 0 aliphatic rings. The topological polar surface area (TPSA) is 152 Å². The van der Waals surface area contributed by atoms with Crippen LogP contribution in [0.3, 0.4) is 0 Å². The minimum absolute atomic E-state index is 0.0571. The van der Waals surface area contributed by atoms with Gasteiger partial charge in [-0.15, -0.1) is 0 Å². The third-order valence-corrected chi connectivity index (χ3v) is 3.73. The van der Waals surface area contributed by atoms with Crippen LogP contribution in [0.1, 0.15) is 18.1 Å². The molecule has 0 spiro atoms. The number of hydrogen-bond acceptors (Lipinski definition) is 7. The molecule has 2 rings (SSSR count). The summed E-state index contributed by atoms with van der Waals surface area (Å²) in [6.07, 6.45) is 2.88. The Morgan fingerprint density at radius 2 is 2.04 bits per heavy atom. The number of hydrogen-bond donors (Lipinski definition) is 5. The van der Waals surface area contributed by atoms with Gasteiger partial charge in [0, 0.05) is 35.2 Å². The highest BCUT2D eigenvalue weighted by atomic mass is 16.3. The molecule has 1 aromatic carbocycles. The van der Waals surface area contributed by atoms with E-state index in [-0.39, 0.29) is 11.3 Å². The standard InChI is InChI=1S/C18H18N6O2/c1-10(23-2)16(15(21)8-19)18(25)24-12-3-4-14(20)13(7-12)17(22)11-5-6-26-9-11/h3-7,9,21-23H,20H2,1-2H3,(H,24,25)/b16-10+,21-15?,22-17?. The summed E-state index contributed by atoms with van der Waals surface area (Å²) in [5, 5.41) is 30.3. The highest BCUT2D eigenvalue weighted by Crippen LogP contribution is 2.22. The second-order valence-electron chi connectivity index (χ2n) is 5.38. The van der Waals surface area contributed by atoms with E-state index in [9.17, 15) is 4.79 Å². The summed E-state index contributed by atoms with van der Waals surface area (Å²) in [6, 6.07) is 8.02. The number of carbonyl (C=O) groups excluding carboxylic acids is 1. The van der Waals surface area contributed by atoms with E-state index in [0.717, 1.165) is 0 Å². The zero-order chi connectivity index (χ0) is 19.3. The Morgan fingerprint density at radius 1 is 1.31 bits per heavy atom. The van der Waals surface area contributed by atoms with E-state index in [1.165, 1.54) is 12.5 Å². The Kier molecular flexibility index (Phi) is 5.55. The van der Waals surface area contributed by atoms with Crippen LogP contribution >= 0.6 is 0 Å². The smallest absolute Gasteiger partial charge is 0.260 e. The number of anilines is 2. The number of nitrogens with zero attached hydrogens (tertiary/aromatic N) is 1. The molecular weight excluding hydrogens is 332 g/mol. The van der Waals surface area contributed by atoms with E-state index in [1.807, 2.05) is 0 Å². The first kappa shape index (κ1) is 18.5. The van der Waals surface area contributed by atoms with E-state index >= 15 is 0 Å². The van der Waals surface area contributed by atoms with Crippen molar-refractivity contribution in [3.63, 3.8) is 0 Å². The number of nitrogen functional groups attached to an aromatic ring is 1. The van der Waals surface area contributed by atoms with Crippen molar-refractivity contribution < 1.29 is 9.21 Å². The molecule has 0 unspecified atom stereocenters. The van der Waals surface area contributed by atoms with Crippen LogP contribution in [0.15, 0.2) is 52.5 Å². The fraction of sp³-hybridized carbons (Fsp3) is 0.111. The largest absolute Gasteiger partial charge is 0.472 e. The number of amides is 1. The number of nitriles is 1. The maximum atomic E-state index is 12.5. The zero-order valence-electron chi connectivity index (χ0n) is 14.3. The van der Waals surface area contributed by atoms with E-state index in [0.29, 0.717) is 28.2 Å². The lowest BCUT2D eigenvalue weighted by Crippen LogP contribution is -2.24. The van der Waals surface area contributed by atoms with Crippen molar-refractivity contribution >= 4 is 28.7 Å². The van der Waals surface area contributed by atoms with Crippen molar-refractivity contribution in [1.82, 2.24) is 5.32 Å². The second-order valence-corrected chi connectivity index (χ2v) is 5.38. The van der Waals surface area contributed by atoms with Gasteiger partial charge in [0.2, 0.25) is 0 Å². The molecule has 1 heterocycles. The van der Waals surface area contributed by atoms with Crippen LogP contribution in [0.2, 0.25) is 0 Å². The maximum absolute atomic E-state index is 12.5. The van der Waals surface area contributed by atoms with E-state index in [1.54, 1.807) is 44.3 Å². The molecule has 26 heavy (non-hydrogen) atoms. The van der Waals surface area contributed by atoms with Crippen LogP contribution in [0.5, 0.6) is 0 Å². The lowest BCUT2D eigenvalue weighted by atomic mass is 10.0. The average molecular weight is 350 g/mol. The minimum atomic E-state index is -0.603. The molecule has 0 atom stereocenters. The third-order valence-electron chi connectivity index (χ3n) is 3.73. The van der Waals surface area contributed by atoms with Crippen molar-refractivity contribution in [3.8, 4) is 6.07 Å². The number of allylic oxidation sites excluding steroid dienone is 1. The van der Waals surface area contributed by atoms with Gasteiger partial charge in [-0.05, 0) is 31.2 Å². The summed E-state index contributed by atoms with van der Waals surface area (Å²) in [6.45, 7) is 1.60. The van der Waals surface area contributed by atoms with Crippen molar-refractivity contribution in [2.75, 3.05) is 18.1 Å².